The fraction of sp³-hybridized carbons (Fsp3) is 0.562. The van der Waals surface area contributed by atoms with Crippen molar-refractivity contribution in [2.45, 2.75) is 33.1 Å². The Labute approximate surface area is 120 Å². The largest absolute Gasteiger partial charge is 0.497 e. The van der Waals surface area contributed by atoms with Gasteiger partial charge in [0.15, 0.2) is 0 Å². The van der Waals surface area contributed by atoms with Gasteiger partial charge < -0.3 is 14.7 Å². The average Bonchev–Trinajstić information content (AvgIpc) is 2.56. The van der Waals surface area contributed by atoms with E-state index in [9.17, 15) is 9.90 Å². The van der Waals surface area contributed by atoms with Crippen molar-refractivity contribution >= 4 is 6.09 Å². The predicted octanol–water partition coefficient (Wildman–Crippen LogP) is 3.36. The van der Waals surface area contributed by atoms with Gasteiger partial charge in [-0.3, -0.25) is 0 Å². The molecule has 0 aliphatic carbocycles. The molecule has 1 aromatic rings. The first kappa shape index (κ1) is 14.7. The molecule has 1 atom stereocenters. The lowest BCUT2D eigenvalue weighted by Gasteiger charge is -2.33. The Kier molecular flexibility index (Phi) is 3.93. The Hall–Kier alpha value is -1.71. The summed E-state index contributed by atoms with van der Waals surface area (Å²) in [5, 5.41) is 9.33. The number of fused-ring (bicyclic) bond motifs is 1. The molecule has 1 aliphatic heterocycles. The summed E-state index contributed by atoms with van der Waals surface area (Å²) in [6.07, 6.45) is -0.0928. The minimum atomic E-state index is -0.834. The number of amides is 1. The van der Waals surface area contributed by atoms with Crippen LogP contribution in [0.3, 0.4) is 0 Å². The van der Waals surface area contributed by atoms with E-state index >= 15 is 0 Å². The molecule has 1 unspecified atom stereocenters. The van der Waals surface area contributed by atoms with E-state index in [4.69, 9.17) is 4.74 Å². The van der Waals surface area contributed by atoms with Gasteiger partial charge in [-0.2, -0.15) is 0 Å². The Morgan fingerprint density at radius 2 is 2.10 bits per heavy atom. The molecule has 0 radical (unpaired) electrons. The highest BCUT2D eigenvalue weighted by atomic mass is 16.5. The quantitative estimate of drug-likeness (QED) is 0.856. The van der Waals surface area contributed by atoms with Gasteiger partial charge in [-0.1, -0.05) is 26.8 Å². The standard InChI is InChI=1S/C16H23NO3/c1-16(2,3)14-10-17(15(18)19)8-7-11-9-12(20-4)5-6-13(11)14/h5-6,9,14H,7-8,10H2,1-4H3,(H,18,19). The van der Waals surface area contributed by atoms with Crippen LogP contribution in [0.15, 0.2) is 18.2 Å². The van der Waals surface area contributed by atoms with Crippen LogP contribution in [-0.2, 0) is 6.42 Å². The lowest BCUT2D eigenvalue weighted by Crippen LogP contribution is -2.36. The molecule has 1 aliphatic rings. The summed E-state index contributed by atoms with van der Waals surface area (Å²) < 4.78 is 5.29. The highest BCUT2D eigenvalue weighted by molar-refractivity contribution is 5.65. The number of ether oxygens (including phenoxy) is 1. The second-order valence-electron chi connectivity index (χ2n) is 6.46. The van der Waals surface area contributed by atoms with Crippen molar-refractivity contribution in [3.63, 3.8) is 0 Å². The summed E-state index contributed by atoms with van der Waals surface area (Å²) in [5.41, 5.74) is 2.47. The van der Waals surface area contributed by atoms with Crippen molar-refractivity contribution < 1.29 is 14.6 Å². The molecular weight excluding hydrogens is 254 g/mol. The molecular formula is C16H23NO3. The molecule has 0 aromatic heterocycles. The number of carboxylic acid groups (broad SMARTS) is 1. The molecule has 110 valence electrons. The van der Waals surface area contributed by atoms with Crippen LogP contribution in [0.1, 0.15) is 37.8 Å². The number of hydrogen-bond acceptors (Lipinski definition) is 2. The average molecular weight is 277 g/mol. The third-order valence-corrected chi connectivity index (χ3v) is 4.10. The lowest BCUT2D eigenvalue weighted by atomic mass is 9.75. The molecule has 1 N–H and O–H groups in total. The SMILES string of the molecule is COc1ccc2c(c1)CCN(C(=O)O)CC2C(C)(C)C. The number of nitrogens with zero attached hydrogens (tertiary/aromatic N) is 1. The lowest BCUT2D eigenvalue weighted by molar-refractivity contribution is 0.135. The summed E-state index contributed by atoms with van der Waals surface area (Å²) in [6.45, 7) is 7.59. The van der Waals surface area contributed by atoms with E-state index in [0.717, 1.165) is 12.2 Å². The van der Waals surface area contributed by atoms with Crippen molar-refractivity contribution in [2.75, 3.05) is 20.2 Å². The van der Waals surface area contributed by atoms with Crippen LogP contribution in [0.25, 0.3) is 0 Å². The maximum Gasteiger partial charge on any atom is 0.407 e. The zero-order chi connectivity index (χ0) is 14.9. The van der Waals surface area contributed by atoms with Gasteiger partial charge in [-0.05, 0) is 35.1 Å². The molecule has 4 nitrogen and oxygen atoms in total. The van der Waals surface area contributed by atoms with Crippen molar-refractivity contribution in [2.24, 2.45) is 5.41 Å². The molecule has 1 heterocycles. The van der Waals surface area contributed by atoms with Gasteiger partial charge in [0.05, 0.1) is 7.11 Å². The Balaban J connectivity index is 2.45. The normalized spacial score (nSPS) is 19.2. The Morgan fingerprint density at radius 3 is 2.65 bits per heavy atom. The fourth-order valence-electron chi connectivity index (χ4n) is 2.85. The van der Waals surface area contributed by atoms with Crippen LogP contribution < -0.4 is 4.74 Å². The van der Waals surface area contributed by atoms with E-state index in [0.29, 0.717) is 13.1 Å². The monoisotopic (exact) mass is 277 g/mol. The first-order valence-corrected chi connectivity index (χ1v) is 6.97. The van der Waals surface area contributed by atoms with Crippen LogP contribution in [0.2, 0.25) is 0 Å². The van der Waals surface area contributed by atoms with E-state index in [1.54, 1.807) is 7.11 Å². The molecule has 0 saturated heterocycles. The van der Waals surface area contributed by atoms with Gasteiger partial charge in [0.2, 0.25) is 0 Å². The summed E-state index contributed by atoms with van der Waals surface area (Å²) in [5.74, 6) is 1.03. The highest BCUT2D eigenvalue weighted by Gasteiger charge is 2.33. The van der Waals surface area contributed by atoms with Gasteiger partial charge in [-0.15, -0.1) is 0 Å². The predicted molar refractivity (Wildman–Crippen MR) is 78.5 cm³/mol. The molecule has 0 spiro atoms. The van der Waals surface area contributed by atoms with Gasteiger partial charge in [-0.25, -0.2) is 4.79 Å². The second kappa shape index (κ2) is 5.35. The van der Waals surface area contributed by atoms with Crippen LogP contribution in [-0.4, -0.2) is 36.3 Å². The summed E-state index contributed by atoms with van der Waals surface area (Å²) >= 11 is 0. The number of hydrogen-bond donors (Lipinski definition) is 1. The third kappa shape index (κ3) is 2.89. The maximum atomic E-state index is 11.4. The zero-order valence-electron chi connectivity index (χ0n) is 12.6. The zero-order valence-corrected chi connectivity index (χ0v) is 12.6. The van der Waals surface area contributed by atoms with Gasteiger partial charge in [0.25, 0.3) is 0 Å². The van der Waals surface area contributed by atoms with Crippen LogP contribution in [0, 0.1) is 5.41 Å². The van der Waals surface area contributed by atoms with E-state index in [1.807, 2.05) is 12.1 Å². The third-order valence-electron chi connectivity index (χ3n) is 4.10. The number of methoxy groups -OCH3 is 1. The van der Waals surface area contributed by atoms with Gasteiger partial charge in [0.1, 0.15) is 5.75 Å². The molecule has 0 bridgehead atoms. The number of carbonyl (C=O) groups is 1. The summed E-state index contributed by atoms with van der Waals surface area (Å²) in [7, 11) is 1.66. The van der Waals surface area contributed by atoms with Crippen molar-refractivity contribution in [3.05, 3.63) is 29.3 Å². The van der Waals surface area contributed by atoms with Crippen molar-refractivity contribution in [1.29, 1.82) is 0 Å². The van der Waals surface area contributed by atoms with Gasteiger partial charge in [0, 0.05) is 19.0 Å². The van der Waals surface area contributed by atoms with E-state index in [-0.39, 0.29) is 11.3 Å². The number of rotatable bonds is 1. The van der Waals surface area contributed by atoms with Crippen molar-refractivity contribution in [3.8, 4) is 5.75 Å². The minimum absolute atomic E-state index is 0.0153. The maximum absolute atomic E-state index is 11.4. The Morgan fingerprint density at radius 1 is 1.40 bits per heavy atom. The van der Waals surface area contributed by atoms with Crippen LogP contribution >= 0.6 is 0 Å². The molecule has 20 heavy (non-hydrogen) atoms. The first-order chi connectivity index (χ1) is 9.32. The van der Waals surface area contributed by atoms with Gasteiger partial charge >= 0.3 is 6.09 Å². The van der Waals surface area contributed by atoms with Crippen LogP contribution in [0.5, 0.6) is 5.75 Å². The van der Waals surface area contributed by atoms with E-state index in [1.165, 1.54) is 16.0 Å². The number of benzene rings is 1. The molecule has 0 fully saturated rings. The second-order valence-corrected chi connectivity index (χ2v) is 6.46. The molecule has 2 rings (SSSR count). The smallest absolute Gasteiger partial charge is 0.407 e. The molecule has 1 aromatic carbocycles. The Bertz CT molecular complexity index is 505. The molecule has 0 saturated carbocycles. The van der Waals surface area contributed by atoms with E-state index < -0.39 is 6.09 Å². The molecule has 4 heteroatoms. The fourth-order valence-corrected chi connectivity index (χ4v) is 2.85. The summed E-state index contributed by atoms with van der Waals surface area (Å²) in [6, 6.07) is 6.10. The van der Waals surface area contributed by atoms with E-state index in [2.05, 4.69) is 26.8 Å². The minimum Gasteiger partial charge on any atom is -0.497 e. The first-order valence-electron chi connectivity index (χ1n) is 6.97. The summed E-state index contributed by atoms with van der Waals surface area (Å²) in [4.78, 5) is 12.9. The van der Waals surface area contributed by atoms with Crippen molar-refractivity contribution in [1.82, 2.24) is 4.90 Å². The molecule has 1 amide bonds. The topological polar surface area (TPSA) is 49.8 Å². The highest BCUT2D eigenvalue weighted by Crippen LogP contribution is 2.40. The van der Waals surface area contributed by atoms with Crippen LogP contribution in [0.4, 0.5) is 4.79 Å².